The van der Waals surface area contributed by atoms with Crippen LogP contribution in [0.4, 0.5) is 0 Å². The summed E-state index contributed by atoms with van der Waals surface area (Å²) in [5, 5.41) is 0. The van der Waals surface area contributed by atoms with Gasteiger partial charge in [-0.1, -0.05) is 19.8 Å². The predicted octanol–water partition coefficient (Wildman–Crippen LogP) is 3.13. The Bertz CT molecular complexity index is 74.8. The van der Waals surface area contributed by atoms with Crippen molar-refractivity contribution in [3.05, 3.63) is 6.92 Å². The lowest BCUT2D eigenvalue weighted by molar-refractivity contribution is 0.471. The van der Waals surface area contributed by atoms with Crippen LogP contribution in [0.1, 0.15) is 32.1 Å². The van der Waals surface area contributed by atoms with E-state index >= 15 is 0 Å². The van der Waals surface area contributed by atoms with Crippen molar-refractivity contribution >= 4 is 11.8 Å². The van der Waals surface area contributed by atoms with E-state index in [0.29, 0.717) is 0 Å². The summed E-state index contributed by atoms with van der Waals surface area (Å²) < 4.78 is 0. The van der Waals surface area contributed by atoms with Gasteiger partial charge < -0.3 is 0 Å². The maximum absolute atomic E-state index is 3.86. The van der Waals surface area contributed by atoms with Crippen molar-refractivity contribution in [2.24, 2.45) is 5.92 Å². The molecule has 1 aliphatic heterocycles. The molecule has 0 amide bonds. The zero-order chi connectivity index (χ0) is 7.23. The largest absolute Gasteiger partial charge is 0.162 e. The SMILES string of the molecule is [CH2]CCCC1CCCSC1. The molecule has 1 heterocycles. The van der Waals surface area contributed by atoms with Crippen LogP contribution >= 0.6 is 11.8 Å². The van der Waals surface area contributed by atoms with Gasteiger partial charge in [-0.25, -0.2) is 0 Å². The quantitative estimate of drug-likeness (QED) is 0.606. The van der Waals surface area contributed by atoms with Gasteiger partial charge >= 0.3 is 0 Å². The van der Waals surface area contributed by atoms with E-state index in [1.165, 1.54) is 37.2 Å². The van der Waals surface area contributed by atoms with Gasteiger partial charge in [0, 0.05) is 0 Å². The highest BCUT2D eigenvalue weighted by molar-refractivity contribution is 7.99. The van der Waals surface area contributed by atoms with Crippen LogP contribution in [0.5, 0.6) is 0 Å². The normalized spacial score (nSPS) is 26.7. The van der Waals surface area contributed by atoms with Gasteiger partial charge in [0.25, 0.3) is 0 Å². The van der Waals surface area contributed by atoms with Crippen molar-refractivity contribution in [3.63, 3.8) is 0 Å². The van der Waals surface area contributed by atoms with Crippen molar-refractivity contribution in [3.8, 4) is 0 Å². The average molecular weight is 157 g/mol. The maximum atomic E-state index is 3.86. The van der Waals surface area contributed by atoms with Gasteiger partial charge in [0.2, 0.25) is 0 Å². The van der Waals surface area contributed by atoms with Gasteiger partial charge in [0.1, 0.15) is 0 Å². The van der Waals surface area contributed by atoms with Gasteiger partial charge in [-0.15, -0.1) is 0 Å². The lowest BCUT2D eigenvalue weighted by Gasteiger charge is -2.20. The molecule has 0 spiro atoms. The Labute approximate surface area is 68.8 Å². The highest BCUT2D eigenvalue weighted by Gasteiger charge is 2.11. The van der Waals surface area contributed by atoms with Crippen LogP contribution in [0, 0.1) is 12.8 Å². The molecule has 0 N–H and O–H groups in total. The molecule has 0 bridgehead atoms. The molecule has 10 heavy (non-hydrogen) atoms. The van der Waals surface area contributed by atoms with E-state index in [0.717, 1.165) is 12.3 Å². The standard InChI is InChI=1S/C9H17S/c1-2-3-5-9-6-4-7-10-8-9/h9H,1-8H2. The monoisotopic (exact) mass is 157 g/mol. The number of hydrogen-bond acceptors (Lipinski definition) is 1. The first-order chi connectivity index (χ1) is 4.93. The van der Waals surface area contributed by atoms with Crippen molar-refractivity contribution < 1.29 is 0 Å². The molecule has 0 nitrogen and oxygen atoms in total. The predicted molar refractivity (Wildman–Crippen MR) is 49.3 cm³/mol. The molecule has 0 aliphatic carbocycles. The molecular weight excluding hydrogens is 140 g/mol. The number of unbranched alkanes of at least 4 members (excludes halogenated alkanes) is 1. The first kappa shape index (κ1) is 8.45. The average Bonchev–Trinajstić information content (AvgIpc) is 2.03. The third-order valence-electron chi connectivity index (χ3n) is 2.12. The van der Waals surface area contributed by atoms with Crippen molar-refractivity contribution in [1.29, 1.82) is 0 Å². The van der Waals surface area contributed by atoms with Gasteiger partial charge in [-0.05, 0) is 36.7 Å². The van der Waals surface area contributed by atoms with E-state index in [1.54, 1.807) is 0 Å². The second kappa shape index (κ2) is 5.06. The number of rotatable bonds is 3. The summed E-state index contributed by atoms with van der Waals surface area (Å²) in [6.45, 7) is 3.86. The second-order valence-corrected chi connectivity index (χ2v) is 4.23. The zero-order valence-electron chi connectivity index (χ0n) is 6.64. The van der Waals surface area contributed by atoms with Gasteiger partial charge in [0.15, 0.2) is 0 Å². The van der Waals surface area contributed by atoms with E-state index in [-0.39, 0.29) is 0 Å². The molecule has 1 fully saturated rings. The van der Waals surface area contributed by atoms with E-state index in [4.69, 9.17) is 0 Å². The molecule has 0 aromatic heterocycles. The third kappa shape index (κ3) is 2.96. The lowest BCUT2D eigenvalue weighted by Crippen LogP contribution is -2.09. The number of thioether (sulfide) groups is 1. The third-order valence-corrected chi connectivity index (χ3v) is 3.40. The van der Waals surface area contributed by atoms with Crippen molar-refractivity contribution in [2.45, 2.75) is 32.1 Å². The molecule has 59 valence electrons. The summed E-state index contributed by atoms with van der Waals surface area (Å²) in [5.74, 6) is 3.85. The minimum atomic E-state index is 1.03. The molecule has 1 heteroatoms. The minimum Gasteiger partial charge on any atom is -0.162 e. The molecular formula is C9H17S. The fraction of sp³-hybridized carbons (Fsp3) is 0.889. The van der Waals surface area contributed by atoms with Crippen LogP contribution in [-0.4, -0.2) is 11.5 Å². The summed E-state index contributed by atoms with van der Waals surface area (Å²) in [5.41, 5.74) is 0. The topological polar surface area (TPSA) is 0 Å². The Morgan fingerprint density at radius 1 is 1.50 bits per heavy atom. The van der Waals surface area contributed by atoms with Crippen LogP contribution in [0.2, 0.25) is 0 Å². The highest BCUT2D eigenvalue weighted by atomic mass is 32.2. The molecule has 0 aromatic rings. The van der Waals surface area contributed by atoms with E-state index in [2.05, 4.69) is 18.7 Å². The molecule has 1 saturated heterocycles. The molecule has 0 aromatic carbocycles. The second-order valence-electron chi connectivity index (χ2n) is 3.08. The summed E-state index contributed by atoms with van der Waals surface area (Å²) >= 11 is 2.13. The maximum Gasteiger partial charge on any atom is -0.00391 e. The highest BCUT2D eigenvalue weighted by Crippen LogP contribution is 2.26. The van der Waals surface area contributed by atoms with Gasteiger partial charge in [-0.3, -0.25) is 0 Å². The Morgan fingerprint density at radius 3 is 3.00 bits per heavy atom. The molecule has 1 rings (SSSR count). The van der Waals surface area contributed by atoms with Crippen LogP contribution < -0.4 is 0 Å². The zero-order valence-corrected chi connectivity index (χ0v) is 7.46. The fourth-order valence-corrected chi connectivity index (χ4v) is 2.67. The Kier molecular flexibility index (Phi) is 4.27. The molecule has 1 atom stereocenters. The lowest BCUT2D eigenvalue weighted by atomic mass is 9.99. The van der Waals surface area contributed by atoms with Crippen LogP contribution in [0.3, 0.4) is 0 Å². The minimum absolute atomic E-state index is 1.03. The van der Waals surface area contributed by atoms with Crippen molar-refractivity contribution in [2.75, 3.05) is 11.5 Å². The van der Waals surface area contributed by atoms with Gasteiger partial charge in [-0.2, -0.15) is 11.8 Å². The smallest absolute Gasteiger partial charge is 0.00391 e. The first-order valence-corrected chi connectivity index (χ1v) is 5.46. The molecule has 0 saturated carbocycles. The molecule has 1 aliphatic rings. The van der Waals surface area contributed by atoms with E-state index in [9.17, 15) is 0 Å². The summed E-state index contributed by atoms with van der Waals surface area (Å²) in [6, 6.07) is 0. The van der Waals surface area contributed by atoms with Crippen LogP contribution in [-0.2, 0) is 0 Å². The van der Waals surface area contributed by atoms with Crippen molar-refractivity contribution in [1.82, 2.24) is 0 Å². The fourth-order valence-electron chi connectivity index (χ4n) is 1.47. The Morgan fingerprint density at radius 2 is 2.40 bits per heavy atom. The van der Waals surface area contributed by atoms with Crippen LogP contribution in [0.25, 0.3) is 0 Å². The van der Waals surface area contributed by atoms with E-state index < -0.39 is 0 Å². The van der Waals surface area contributed by atoms with Gasteiger partial charge in [0.05, 0.1) is 0 Å². The summed E-state index contributed by atoms with van der Waals surface area (Å²) in [6.07, 6.45) is 6.82. The Hall–Kier alpha value is 0.350. The first-order valence-electron chi connectivity index (χ1n) is 4.30. The Balaban J connectivity index is 2.02. The molecule has 1 unspecified atom stereocenters. The van der Waals surface area contributed by atoms with E-state index in [1.807, 2.05) is 0 Å². The summed E-state index contributed by atoms with van der Waals surface area (Å²) in [7, 11) is 0. The van der Waals surface area contributed by atoms with Crippen LogP contribution in [0.15, 0.2) is 0 Å². The molecule has 1 radical (unpaired) electrons. The summed E-state index contributed by atoms with van der Waals surface area (Å²) in [4.78, 5) is 0. The number of hydrogen-bond donors (Lipinski definition) is 0.